The smallest absolute Gasteiger partial charge is 0.352 e. The first-order valence-electron chi connectivity index (χ1n) is 9.42. The van der Waals surface area contributed by atoms with Gasteiger partial charge in [-0.25, -0.2) is 4.98 Å². The first-order valence-corrected chi connectivity index (χ1v) is 9.42. The summed E-state index contributed by atoms with van der Waals surface area (Å²) in [4.78, 5) is 9.00. The van der Waals surface area contributed by atoms with E-state index in [9.17, 15) is 13.2 Å². The van der Waals surface area contributed by atoms with Crippen molar-refractivity contribution in [2.24, 2.45) is 0 Å². The molecule has 4 nitrogen and oxygen atoms in total. The zero-order valence-corrected chi connectivity index (χ0v) is 16.5. The molecule has 0 bridgehead atoms. The maximum atomic E-state index is 13.2. The second kappa shape index (κ2) is 8.51. The number of benzene rings is 2. The molecule has 29 heavy (non-hydrogen) atoms. The first-order chi connectivity index (χ1) is 13.8. The number of aryl methyl sites for hydroxylation is 1. The van der Waals surface area contributed by atoms with E-state index in [1.165, 1.54) is 13.0 Å². The summed E-state index contributed by atoms with van der Waals surface area (Å²) in [6, 6.07) is 15.6. The first kappa shape index (κ1) is 20.6. The third-order valence-corrected chi connectivity index (χ3v) is 4.60. The summed E-state index contributed by atoms with van der Waals surface area (Å²) < 4.78 is 39.7. The molecule has 2 N–H and O–H groups in total. The largest absolute Gasteiger partial charge is 0.416 e. The van der Waals surface area contributed by atoms with Gasteiger partial charge in [0.15, 0.2) is 0 Å². The van der Waals surface area contributed by atoms with Gasteiger partial charge in [-0.05, 0) is 38.0 Å². The number of rotatable bonds is 6. The number of aromatic nitrogens is 2. The zero-order chi connectivity index (χ0) is 21.0. The van der Waals surface area contributed by atoms with Crippen LogP contribution >= 0.6 is 0 Å². The molecular formula is C22H23F3N4. The highest BCUT2D eigenvalue weighted by Crippen LogP contribution is 2.34. The average Bonchev–Trinajstić information content (AvgIpc) is 2.69. The highest BCUT2D eigenvalue weighted by Gasteiger charge is 2.32. The number of halogens is 3. The van der Waals surface area contributed by atoms with E-state index >= 15 is 0 Å². The van der Waals surface area contributed by atoms with Crippen molar-refractivity contribution in [3.8, 4) is 11.3 Å². The Morgan fingerprint density at radius 2 is 1.72 bits per heavy atom. The van der Waals surface area contributed by atoms with Gasteiger partial charge in [0, 0.05) is 23.4 Å². The molecule has 1 aromatic heterocycles. The Morgan fingerprint density at radius 3 is 2.38 bits per heavy atom. The Bertz CT molecular complexity index is 972. The molecule has 152 valence electrons. The van der Waals surface area contributed by atoms with Gasteiger partial charge in [-0.15, -0.1) is 0 Å². The summed E-state index contributed by atoms with van der Waals surface area (Å²) >= 11 is 0. The predicted octanol–water partition coefficient (Wildman–Crippen LogP) is 6.42. The van der Waals surface area contributed by atoms with Crippen molar-refractivity contribution in [2.45, 2.75) is 39.4 Å². The van der Waals surface area contributed by atoms with Crippen LogP contribution in [0.1, 0.15) is 31.4 Å². The van der Waals surface area contributed by atoms with E-state index in [0.29, 0.717) is 23.1 Å². The molecule has 0 unspecified atom stereocenters. The molecule has 0 amide bonds. The van der Waals surface area contributed by atoms with Crippen LogP contribution in [0.2, 0.25) is 0 Å². The molecule has 0 aliphatic rings. The number of alkyl halides is 3. The van der Waals surface area contributed by atoms with Crippen molar-refractivity contribution in [1.82, 2.24) is 9.97 Å². The van der Waals surface area contributed by atoms with E-state index in [2.05, 4.69) is 20.6 Å². The third-order valence-electron chi connectivity index (χ3n) is 4.60. The van der Waals surface area contributed by atoms with Crippen molar-refractivity contribution in [3.05, 3.63) is 65.7 Å². The molecule has 2 aromatic carbocycles. The SMILES string of the molecule is CC[C@H](C)Nc1nc(Nc2ccc(C)c(C(F)(F)F)c2)cc(-c2ccccc2)n1. The van der Waals surface area contributed by atoms with Crippen LogP contribution in [-0.2, 0) is 6.18 Å². The van der Waals surface area contributed by atoms with Gasteiger partial charge in [-0.1, -0.05) is 43.3 Å². The van der Waals surface area contributed by atoms with E-state index in [4.69, 9.17) is 0 Å². The molecular weight excluding hydrogens is 377 g/mol. The molecule has 0 fully saturated rings. The quantitative estimate of drug-likeness (QED) is 0.501. The number of anilines is 3. The molecule has 0 aliphatic heterocycles. The molecule has 1 atom stereocenters. The Hall–Kier alpha value is -3.09. The van der Waals surface area contributed by atoms with Crippen LogP contribution in [0.15, 0.2) is 54.6 Å². The Kier molecular flexibility index (Phi) is 6.06. The lowest BCUT2D eigenvalue weighted by Crippen LogP contribution is -2.16. The molecule has 0 spiro atoms. The molecule has 3 rings (SSSR count). The van der Waals surface area contributed by atoms with Crippen molar-refractivity contribution >= 4 is 17.5 Å². The summed E-state index contributed by atoms with van der Waals surface area (Å²) in [5.74, 6) is 0.841. The highest BCUT2D eigenvalue weighted by atomic mass is 19.4. The van der Waals surface area contributed by atoms with Crippen LogP contribution in [-0.4, -0.2) is 16.0 Å². The maximum Gasteiger partial charge on any atom is 0.416 e. The van der Waals surface area contributed by atoms with E-state index in [-0.39, 0.29) is 11.6 Å². The van der Waals surface area contributed by atoms with Crippen LogP contribution < -0.4 is 10.6 Å². The molecule has 0 saturated heterocycles. The van der Waals surface area contributed by atoms with Gasteiger partial charge in [0.25, 0.3) is 0 Å². The summed E-state index contributed by atoms with van der Waals surface area (Å²) in [6.07, 6.45) is -3.53. The Labute approximate surface area is 168 Å². The van der Waals surface area contributed by atoms with Crippen LogP contribution in [0, 0.1) is 6.92 Å². The fourth-order valence-corrected chi connectivity index (χ4v) is 2.81. The number of nitrogens with zero attached hydrogens (tertiary/aromatic N) is 2. The van der Waals surface area contributed by atoms with Gasteiger partial charge in [-0.3, -0.25) is 0 Å². The lowest BCUT2D eigenvalue weighted by atomic mass is 10.1. The summed E-state index contributed by atoms with van der Waals surface area (Å²) in [6.45, 7) is 5.50. The fourth-order valence-electron chi connectivity index (χ4n) is 2.81. The van der Waals surface area contributed by atoms with Crippen molar-refractivity contribution in [3.63, 3.8) is 0 Å². The topological polar surface area (TPSA) is 49.8 Å². The summed E-state index contributed by atoms with van der Waals surface area (Å²) in [7, 11) is 0. The van der Waals surface area contributed by atoms with Crippen LogP contribution in [0.5, 0.6) is 0 Å². The fraction of sp³-hybridized carbons (Fsp3) is 0.273. The minimum absolute atomic E-state index is 0.157. The van der Waals surface area contributed by atoms with E-state index in [0.717, 1.165) is 18.1 Å². The highest BCUT2D eigenvalue weighted by molar-refractivity contribution is 5.68. The summed E-state index contributed by atoms with van der Waals surface area (Å²) in [5.41, 5.74) is 1.39. The zero-order valence-electron chi connectivity index (χ0n) is 16.5. The third kappa shape index (κ3) is 5.25. The molecule has 0 radical (unpaired) electrons. The van der Waals surface area contributed by atoms with Gasteiger partial charge in [0.2, 0.25) is 5.95 Å². The van der Waals surface area contributed by atoms with E-state index in [1.807, 2.05) is 44.2 Å². The second-order valence-electron chi connectivity index (χ2n) is 6.93. The number of nitrogens with one attached hydrogen (secondary N) is 2. The van der Waals surface area contributed by atoms with Crippen LogP contribution in [0.25, 0.3) is 11.3 Å². The Balaban J connectivity index is 1.99. The monoisotopic (exact) mass is 400 g/mol. The van der Waals surface area contributed by atoms with Crippen molar-refractivity contribution in [1.29, 1.82) is 0 Å². The van der Waals surface area contributed by atoms with Gasteiger partial charge in [0.05, 0.1) is 11.3 Å². The van der Waals surface area contributed by atoms with Crippen LogP contribution in [0.4, 0.5) is 30.6 Å². The molecule has 7 heteroatoms. The lowest BCUT2D eigenvalue weighted by Gasteiger charge is -2.16. The van der Waals surface area contributed by atoms with Gasteiger partial charge in [0.1, 0.15) is 5.82 Å². The Morgan fingerprint density at radius 1 is 1.00 bits per heavy atom. The second-order valence-corrected chi connectivity index (χ2v) is 6.93. The van der Waals surface area contributed by atoms with Gasteiger partial charge < -0.3 is 10.6 Å². The molecule has 3 aromatic rings. The number of hydrogen-bond acceptors (Lipinski definition) is 4. The normalized spacial score (nSPS) is 12.5. The van der Waals surface area contributed by atoms with E-state index < -0.39 is 11.7 Å². The molecule has 0 aliphatic carbocycles. The van der Waals surface area contributed by atoms with E-state index in [1.54, 1.807) is 12.1 Å². The average molecular weight is 400 g/mol. The predicted molar refractivity (Wildman–Crippen MR) is 110 cm³/mol. The maximum absolute atomic E-state index is 13.2. The van der Waals surface area contributed by atoms with Crippen LogP contribution in [0.3, 0.4) is 0 Å². The van der Waals surface area contributed by atoms with Crippen molar-refractivity contribution in [2.75, 3.05) is 10.6 Å². The standard InChI is InChI=1S/C22H23F3N4/c1-4-15(3)26-21-28-19(16-8-6-5-7-9-16)13-20(29-21)27-17-11-10-14(2)18(12-17)22(23,24)25/h5-13,15H,4H2,1-3H3,(H2,26,27,28,29)/t15-/m0/s1. The van der Waals surface area contributed by atoms with Gasteiger partial charge in [-0.2, -0.15) is 18.2 Å². The molecule has 0 saturated carbocycles. The molecule has 1 heterocycles. The van der Waals surface area contributed by atoms with Crippen molar-refractivity contribution < 1.29 is 13.2 Å². The van der Waals surface area contributed by atoms with Gasteiger partial charge >= 0.3 is 6.18 Å². The lowest BCUT2D eigenvalue weighted by molar-refractivity contribution is -0.138. The summed E-state index contributed by atoms with van der Waals surface area (Å²) in [5, 5.41) is 6.22. The minimum atomic E-state index is -4.41. The minimum Gasteiger partial charge on any atom is -0.352 e. The number of hydrogen-bond donors (Lipinski definition) is 2.